The number of aryl methyl sites for hydroxylation is 2. The van der Waals surface area contributed by atoms with E-state index in [4.69, 9.17) is 4.98 Å². The van der Waals surface area contributed by atoms with Crippen molar-refractivity contribution >= 4 is 22.5 Å². The van der Waals surface area contributed by atoms with E-state index in [-0.39, 0.29) is 0 Å². The summed E-state index contributed by atoms with van der Waals surface area (Å²) in [7, 11) is 0. The second-order valence-corrected chi connectivity index (χ2v) is 7.02. The zero-order chi connectivity index (χ0) is 15.8. The van der Waals surface area contributed by atoms with Crippen molar-refractivity contribution in [1.82, 2.24) is 14.5 Å². The molecule has 3 aromatic heterocycles. The number of hydrogen-bond donors (Lipinski definition) is 0. The van der Waals surface area contributed by atoms with Crippen molar-refractivity contribution in [1.29, 1.82) is 0 Å². The Labute approximate surface area is 139 Å². The Hall–Kier alpha value is -2.46. The fourth-order valence-electron chi connectivity index (χ4n) is 2.74. The molecule has 0 saturated carbocycles. The molecule has 4 aromatic rings. The molecule has 3 nitrogen and oxygen atoms in total. The summed E-state index contributed by atoms with van der Waals surface area (Å²) in [6.45, 7) is 4.23. The van der Waals surface area contributed by atoms with E-state index in [1.54, 1.807) is 11.3 Å². The van der Waals surface area contributed by atoms with Crippen LogP contribution in [0.5, 0.6) is 0 Å². The Morgan fingerprint density at radius 1 is 1.00 bits per heavy atom. The number of thiophene rings is 1. The number of imidazole rings is 1. The maximum atomic E-state index is 4.82. The van der Waals surface area contributed by atoms with Crippen molar-refractivity contribution in [3.63, 3.8) is 0 Å². The largest absolute Gasteiger partial charge is 0.271 e. The van der Waals surface area contributed by atoms with E-state index in [1.807, 2.05) is 18.3 Å². The maximum Gasteiger partial charge on any atom is 0.165 e. The Bertz CT molecular complexity index is 964. The minimum atomic E-state index is 0.799. The highest BCUT2D eigenvalue weighted by Gasteiger charge is 2.15. The number of pyridine rings is 1. The molecule has 0 fully saturated rings. The van der Waals surface area contributed by atoms with E-state index in [9.17, 15) is 0 Å². The van der Waals surface area contributed by atoms with E-state index in [0.29, 0.717) is 0 Å². The highest BCUT2D eigenvalue weighted by atomic mass is 32.1. The smallest absolute Gasteiger partial charge is 0.165 e. The molecule has 3 heterocycles. The molecule has 0 N–H and O–H groups in total. The topological polar surface area (TPSA) is 30.7 Å². The average molecular weight is 319 g/mol. The molecule has 114 valence electrons. The summed E-state index contributed by atoms with van der Waals surface area (Å²) in [5.74, 6) is 1.03. The highest BCUT2D eigenvalue weighted by molar-refractivity contribution is 7.14. The fraction of sp³-hybridized carbons (Fsp3) is 0.158. The molecule has 0 amide bonds. The Balaban J connectivity index is 1.86. The Morgan fingerprint density at radius 3 is 2.57 bits per heavy atom. The summed E-state index contributed by atoms with van der Waals surface area (Å²) < 4.78 is 2.19. The van der Waals surface area contributed by atoms with Crippen molar-refractivity contribution in [2.24, 2.45) is 0 Å². The van der Waals surface area contributed by atoms with Gasteiger partial charge in [0, 0.05) is 17.5 Å². The second-order valence-electron chi connectivity index (χ2n) is 5.76. The van der Waals surface area contributed by atoms with Gasteiger partial charge in [0.2, 0.25) is 0 Å². The monoisotopic (exact) mass is 319 g/mol. The first-order valence-electron chi connectivity index (χ1n) is 7.65. The minimum absolute atomic E-state index is 0.799. The third kappa shape index (κ3) is 2.66. The van der Waals surface area contributed by atoms with E-state index >= 15 is 0 Å². The van der Waals surface area contributed by atoms with Gasteiger partial charge < -0.3 is 0 Å². The van der Waals surface area contributed by atoms with Gasteiger partial charge in [0.15, 0.2) is 5.65 Å². The first kappa shape index (κ1) is 14.2. The van der Waals surface area contributed by atoms with E-state index in [2.05, 4.69) is 59.8 Å². The van der Waals surface area contributed by atoms with Gasteiger partial charge in [-0.1, -0.05) is 29.8 Å². The molecule has 0 bridgehead atoms. The van der Waals surface area contributed by atoms with Gasteiger partial charge in [0.1, 0.15) is 16.3 Å². The van der Waals surface area contributed by atoms with Crippen LogP contribution >= 0.6 is 11.3 Å². The maximum absolute atomic E-state index is 4.82. The van der Waals surface area contributed by atoms with Crippen LogP contribution in [0.4, 0.5) is 0 Å². The van der Waals surface area contributed by atoms with Crippen LogP contribution in [0, 0.1) is 13.8 Å². The summed E-state index contributed by atoms with van der Waals surface area (Å²) in [5, 5.41) is 1.17. The first-order valence-corrected chi connectivity index (χ1v) is 8.47. The Kier molecular flexibility index (Phi) is 3.46. The zero-order valence-electron chi connectivity index (χ0n) is 13.2. The molecule has 4 rings (SSSR count). The zero-order valence-corrected chi connectivity index (χ0v) is 14.0. The van der Waals surface area contributed by atoms with Gasteiger partial charge in [-0.25, -0.2) is 9.97 Å². The second kappa shape index (κ2) is 5.63. The predicted molar refractivity (Wildman–Crippen MR) is 95.5 cm³/mol. The number of hydrogen-bond acceptors (Lipinski definition) is 3. The van der Waals surface area contributed by atoms with Gasteiger partial charge in [-0.15, -0.1) is 11.3 Å². The van der Waals surface area contributed by atoms with Crippen molar-refractivity contribution in [2.75, 3.05) is 0 Å². The molecule has 0 saturated heterocycles. The molecule has 23 heavy (non-hydrogen) atoms. The molecule has 0 aliphatic rings. The SMILES string of the molecule is Cc1ccc(Cc2nc3cccnc3n2-c2ccc(C)s2)cc1. The average Bonchev–Trinajstić information content (AvgIpc) is 3.12. The summed E-state index contributed by atoms with van der Waals surface area (Å²) in [5.41, 5.74) is 4.41. The molecule has 0 unspecified atom stereocenters. The van der Waals surface area contributed by atoms with Gasteiger partial charge in [0.05, 0.1) is 0 Å². The van der Waals surface area contributed by atoms with Crippen LogP contribution in [0.3, 0.4) is 0 Å². The molecule has 0 spiro atoms. The minimum Gasteiger partial charge on any atom is -0.271 e. The normalized spacial score (nSPS) is 11.2. The number of nitrogens with zero attached hydrogens (tertiary/aromatic N) is 3. The van der Waals surface area contributed by atoms with Crippen LogP contribution in [0.1, 0.15) is 21.8 Å². The van der Waals surface area contributed by atoms with Gasteiger partial charge in [0.25, 0.3) is 0 Å². The van der Waals surface area contributed by atoms with Crippen LogP contribution in [-0.4, -0.2) is 14.5 Å². The number of aromatic nitrogens is 3. The molecular weight excluding hydrogens is 302 g/mol. The van der Waals surface area contributed by atoms with Crippen LogP contribution in [-0.2, 0) is 6.42 Å². The summed E-state index contributed by atoms with van der Waals surface area (Å²) in [4.78, 5) is 10.7. The van der Waals surface area contributed by atoms with Crippen LogP contribution < -0.4 is 0 Å². The molecular formula is C19H17N3S. The number of rotatable bonds is 3. The molecule has 1 aromatic carbocycles. The third-order valence-corrected chi connectivity index (χ3v) is 4.90. The van der Waals surface area contributed by atoms with Gasteiger partial charge in [-0.2, -0.15) is 0 Å². The van der Waals surface area contributed by atoms with Crippen LogP contribution in [0.2, 0.25) is 0 Å². The van der Waals surface area contributed by atoms with Crippen molar-refractivity contribution in [3.8, 4) is 5.00 Å². The van der Waals surface area contributed by atoms with Crippen molar-refractivity contribution < 1.29 is 0 Å². The Morgan fingerprint density at radius 2 is 1.83 bits per heavy atom. The lowest BCUT2D eigenvalue weighted by Gasteiger charge is -2.06. The number of benzene rings is 1. The van der Waals surface area contributed by atoms with Crippen LogP contribution in [0.15, 0.2) is 54.7 Å². The highest BCUT2D eigenvalue weighted by Crippen LogP contribution is 2.27. The molecule has 4 heteroatoms. The predicted octanol–water partition coefficient (Wildman–Crippen LogP) is 4.69. The molecule has 0 atom stereocenters. The molecule has 0 aliphatic carbocycles. The standard InChI is InChI=1S/C19H17N3S/c1-13-5-8-15(9-6-13)12-17-21-16-4-3-11-20-19(16)22(17)18-10-7-14(2)23-18/h3-11H,12H2,1-2H3. The summed E-state index contributed by atoms with van der Waals surface area (Å²) in [6, 6.07) is 16.9. The fourth-order valence-corrected chi connectivity index (χ4v) is 3.62. The third-order valence-electron chi connectivity index (χ3n) is 3.91. The van der Waals surface area contributed by atoms with Gasteiger partial charge in [-0.3, -0.25) is 4.57 Å². The van der Waals surface area contributed by atoms with Crippen molar-refractivity contribution in [3.05, 3.63) is 76.6 Å². The summed E-state index contributed by atoms with van der Waals surface area (Å²) >= 11 is 1.77. The molecule has 0 radical (unpaired) electrons. The lowest BCUT2D eigenvalue weighted by molar-refractivity contribution is 0.936. The van der Waals surface area contributed by atoms with E-state index < -0.39 is 0 Å². The molecule has 0 aliphatic heterocycles. The number of fused-ring (bicyclic) bond motifs is 1. The lowest BCUT2D eigenvalue weighted by Crippen LogP contribution is -2.01. The van der Waals surface area contributed by atoms with E-state index in [1.165, 1.54) is 21.0 Å². The van der Waals surface area contributed by atoms with E-state index in [0.717, 1.165) is 23.4 Å². The van der Waals surface area contributed by atoms with Gasteiger partial charge in [-0.05, 0) is 43.7 Å². The quantitative estimate of drug-likeness (QED) is 0.548. The van der Waals surface area contributed by atoms with Crippen LogP contribution in [0.25, 0.3) is 16.2 Å². The van der Waals surface area contributed by atoms with Crippen molar-refractivity contribution in [2.45, 2.75) is 20.3 Å². The summed E-state index contributed by atoms with van der Waals surface area (Å²) in [6.07, 6.45) is 2.63. The van der Waals surface area contributed by atoms with Gasteiger partial charge >= 0.3 is 0 Å². The first-order chi connectivity index (χ1) is 11.2. The lowest BCUT2D eigenvalue weighted by atomic mass is 10.1.